The van der Waals surface area contributed by atoms with Gasteiger partial charge in [0.1, 0.15) is 17.5 Å². The molecule has 1 heterocycles. The Morgan fingerprint density at radius 1 is 0.967 bits per heavy atom. The van der Waals surface area contributed by atoms with Crippen molar-refractivity contribution in [3.05, 3.63) is 78.4 Å². The summed E-state index contributed by atoms with van der Waals surface area (Å²) in [5.74, 6) is -0.130. The van der Waals surface area contributed by atoms with Gasteiger partial charge < -0.3 is 9.84 Å². The topological polar surface area (TPSA) is 92.7 Å². The summed E-state index contributed by atoms with van der Waals surface area (Å²) in [7, 11) is -4.04. The second kappa shape index (κ2) is 8.51. The Kier molecular flexibility index (Phi) is 5.80. The van der Waals surface area contributed by atoms with E-state index in [1.165, 1.54) is 23.9 Å². The SMILES string of the molecule is O=C(O)[C@H](CCc1ccccc1)NS(=O)(=O)c1ccc2c(c1)Oc1ccccc1S2. The summed E-state index contributed by atoms with van der Waals surface area (Å²) in [6.45, 7) is 0. The Labute approximate surface area is 179 Å². The summed E-state index contributed by atoms with van der Waals surface area (Å²) in [4.78, 5) is 13.4. The smallest absolute Gasteiger partial charge is 0.321 e. The molecule has 0 saturated carbocycles. The zero-order valence-corrected chi connectivity index (χ0v) is 17.4. The lowest BCUT2D eigenvalue weighted by Crippen LogP contribution is -2.41. The molecule has 8 heteroatoms. The quantitative estimate of drug-likeness (QED) is 0.444. The molecule has 1 aliphatic rings. The molecule has 0 amide bonds. The molecule has 3 aromatic carbocycles. The first-order valence-corrected chi connectivity index (χ1v) is 11.6. The van der Waals surface area contributed by atoms with Crippen LogP contribution in [0.15, 0.2) is 87.5 Å². The number of ether oxygens (including phenoxy) is 1. The average molecular weight is 442 g/mol. The molecule has 0 saturated heterocycles. The number of carbonyl (C=O) groups is 1. The third-order valence-corrected chi connectivity index (χ3v) is 7.26. The first-order chi connectivity index (χ1) is 14.4. The molecule has 154 valence electrons. The zero-order chi connectivity index (χ0) is 21.1. The molecule has 4 rings (SSSR count). The highest BCUT2D eigenvalue weighted by molar-refractivity contribution is 7.99. The van der Waals surface area contributed by atoms with Crippen molar-refractivity contribution >= 4 is 27.8 Å². The van der Waals surface area contributed by atoms with Gasteiger partial charge in [-0.2, -0.15) is 4.72 Å². The number of sulfonamides is 1. The van der Waals surface area contributed by atoms with Crippen molar-refractivity contribution < 1.29 is 23.1 Å². The normalized spacial score (nSPS) is 13.6. The van der Waals surface area contributed by atoms with Gasteiger partial charge in [-0.15, -0.1) is 0 Å². The number of aliphatic carboxylic acids is 1. The number of hydrogen-bond acceptors (Lipinski definition) is 5. The lowest BCUT2D eigenvalue weighted by molar-refractivity contribution is -0.139. The number of hydrogen-bond donors (Lipinski definition) is 2. The van der Waals surface area contributed by atoms with Crippen LogP contribution in [0.4, 0.5) is 0 Å². The number of rotatable bonds is 7. The standard InChI is InChI=1S/C22H19NO5S2/c24-22(25)17(12-10-15-6-2-1-3-7-15)23-30(26,27)16-11-13-21-19(14-16)28-18-8-4-5-9-20(18)29-21/h1-9,11,13-14,17,23H,10,12H2,(H,24,25)/t17-/m0/s1. The lowest BCUT2D eigenvalue weighted by Gasteiger charge is -2.20. The van der Waals surface area contributed by atoms with Gasteiger partial charge in [0.15, 0.2) is 0 Å². The molecule has 2 N–H and O–H groups in total. The summed E-state index contributed by atoms with van der Waals surface area (Å²) in [6, 6.07) is 20.2. The van der Waals surface area contributed by atoms with Gasteiger partial charge in [-0.3, -0.25) is 4.79 Å². The molecule has 6 nitrogen and oxygen atoms in total. The monoisotopic (exact) mass is 441 g/mol. The van der Waals surface area contributed by atoms with Crippen molar-refractivity contribution in [2.24, 2.45) is 0 Å². The van der Waals surface area contributed by atoms with E-state index in [1.54, 1.807) is 6.07 Å². The molecule has 0 unspecified atom stereocenters. The van der Waals surface area contributed by atoms with Crippen LogP contribution in [-0.4, -0.2) is 25.5 Å². The first kappa shape index (κ1) is 20.5. The van der Waals surface area contributed by atoms with Crippen LogP contribution in [0.25, 0.3) is 0 Å². The molecule has 0 fully saturated rings. The van der Waals surface area contributed by atoms with Crippen molar-refractivity contribution in [3.8, 4) is 11.5 Å². The van der Waals surface area contributed by atoms with Crippen LogP contribution in [0.3, 0.4) is 0 Å². The Morgan fingerprint density at radius 3 is 2.43 bits per heavy atom. The highest BCUT2D eigenvalue weighted by atomic mass is 32.2. The fourth-order valence-electron chi connectivity index (χ4n) is 3.12. The van der Waals surface area contributed by atoms with E-state index in [0.717, 1.165) is 15.4 Å². The number of nitrogens with one attached hydrogen (secondary N) is 1. The van der Waals surface area contributed by atoms with Crippen molar-refractivity contribution in [1.29, 1.82) is 0 Å². The largest absolute Gasteiger partial charge is 0.480 e. The highest BCUT2D eigenvalue weighted by Gasteiger charge is 2.27. The van der Waals surface area contributed by atoms with Crippen LogP contribution in [0.5, 0.6) is 11.5 Å². The van der Waals surface area contributed by atoms with E-state index in [4.69, 9.17) is 4.74 Å². The third-order valence-electron chi connectivity index (χ3n) is 4.67. The van der Waals surface area contributed by atoms with E-state index >= 15 is 0 Å². The molecule has 3 aromatic rings. The van der Waals surface area contributed by atoms with Crippen LogP contribution >= 0.6 is 11.8 Å². The second-order valence-corrected chi connectivity index (χ2v) is 9.59. The molecular weight excluding hydrogens is 422 g/mol. The average Bonchev–Trinajstić information content (AvgIpc) is 2.75. The fraction of sp³-hybridized carbons (Fsp3) is 0.136. The molecule has 30 heavy (non-hydrogen) atoms. The van der Waals surface area contributed by atoms with Gasteiger partial charge in [-0.25, -0.2) is 8.42 Å². The van der Waals surface area contributed by atoms with E-state index in [1.807, 2.05) is 54.6 Å². The van der Waals surface area contributed by atoms with Gasteiger partial charge in [0.2, 0.25) is 10.0 Å². The van der Waals surface area contributed by atoms with Crippen LogP contribution in [0.1, 0.15) is 12.0 Å². The number of carboxylic acid groups (broad SMARTS) is 1. The number of carboxylic acids is 1. The molecule has 1 aliphatic heterocycles. The predicted molar refractivity (Wildman–Crippen MR) is 114 cm³/mol. The van der Waals surface area contributed by atoms with E-state index in [9.17, 15) is 18.3 Å². The molecular formula is C22H19NO5S2. The summed E-state index contributed by atoms with van der Waals surface area (Å²) in [6.07, 6.45) is 0.588. The van der Waals surface area contributed by atoms with E-state index < -0.39 is 22.0 Å². The maximum absolute atomic E-state index is 12.9. The summed E-state index contributed by atoms with van der Waals surface area (Å²) >= 11 is 1.49. The van der Waals surface area contributed by atoms with Crippen molar-refractivity contribution in [3.63, 3.8) is 0 Å². The molecule has 0 bridgehead atoms. The minimum Gasteiger partial charge on any atom is -0.480 e. The summed E-state index contributed by atoms with van der Waals surface area (Å²) in [5, 5.41) is 9.51. The van der Waals surface area contributed by atoms with Gasteiger partial charge in [-0.05, 0) is 42.7 Å². The van der Waals surface area contributed by atoms with Gasteiger partial charge in [0, 0.05) is 6.07 Å². The van der Waals surface area contributed by atoms with E-state index in [2.05, 4.69) is 4.72 Å². The lowest BCUT2D eigenvalue weighted by atomic mass is 10.1. The number of para-hydroxylation sites is 1. The molecule has 0 aromatic heterocycles. The second-order valence-electron chi connectivity index (χ2n) is 6.80. The highest BCUT2D eigenvalue weighted by Crippen LogP contribution is 2.47. The van der Waals surface area contributed by atoms with Crippen molar-refractivity contribution in [2.45, 2.75) is 33.6 Å². The molecule has 0 aliphatic carbocycles. The molecule has 0 spiro atoms. The van der Waals surface area contributed by atoms with E-state index in [-0.39, 0.29) is 11.3 Å². The minimum atomic E-state index is -4.04. The Morgan fingerprint density at radius 2 is 1.67 bits per heavy atom. The van der Waals surface area contributed by atoms with Crippen molar-refractivity contribution in [2.75, 3.05) is 0 Å². The maximum Gasteiger partial charge on any atom is 0.321 e. The zero-order valence-electron chi connectivity index (χ0n) is 15.8. The van der Waals surface area contributed by atoms with Gasteiger partial charge in [0.05, 0.1) is 14.7 Å². The first-order valence-electron chi connectivity index (χ1n) is 9.30. The maximum atomic E-state index is 12.9. The van der Waals surface area contributed by atoms with E-state index in [0.29, 0.717) is 17.9 Å². The van der Waals surface area contributed by atoms with Crippen LogP contribution < -0.4 is 9.46 Å². The summed E-state index contributed by atoms with van der Waals surface area (Å²) in [5.41, 5.74) is 0.945. The van der Waals surface area contributed by atoms with Gasteiger partial charge >= 0.3 is 5.97 Å². The van der Waals surface area contributed by atoms with Crippen LogP contribution in [0, 0.1) is 0 Å². The van der Waals surface area contributed by atoms with Crippen LogP contribution in [0.2, 0.25) is 0 Å². The molecule has 0 radical (unpaired) electrons. The Bertz CT molecular complexity index is 1180. The third kappa shape index (κ3) is 4.51. The number of fused-ring (bicyclic) bond motifs is 2. The Hall–Kier alpha value is -2.81. The molecule has 1 atom stereocenters. The number of aryl methyl sites for hydroxylation is 1. The van der Waals surface area contributed by atoms with Gasteiger partial charge in [0.25, 0.3) is 0 Å². The fourth-order valence-corrected chi connectivity index (χ4v) is 5.29. The summed E-state index contributed by atoms with van der Waals surface area (Å²) < 4.78 is 33.9. The Balaban J connectivity index is 1.52. The number of benzene rings is 3. The minimum absolute atomic E-state index is 0.0350. The predicted octanol–water partition coefficient (Wildman–Crippen LogP) is 4.31. The van der Waals surface area contributed by atoms with Crippen molar-refractivity contribution in [1.82, 2.24) is 4.72 Å². The van der Waals surface area contributed by atoms with Gasteiger partial charge in [-0.1, -0.05) is 54.2 Å². The van der Waals surface area contributed by atoms with Crippen LogP contribution in [-0.2, 0) is 21.2 Å².